The summed E-state index contributed by atoms with van der Waals surface area (Å²) in [5.41, 5.74) is 28.0. The lowest BCUT2D eigenvalue weighted by Gasteiger charge is -2.49. The van der Waals surface area contributed by atoms with E-state index in [2.05, 4.69) is 230 Å². The predicted octanol–water partition coefficient (Wildman–Crippen LogP) is 17.4. The molecule has 9 aromatic rings. The highest BCUT2D eigenvalue weighted by Gasteiger charge is 2.53. The maximum Gasteiger partial charge on any atom is 0.343 e. The second-order valence-corrected chi connectivity index (χ2v) is 26.4. The van der Waals surface area contributed by atoms with Crippen LogP contribution in [0.25, 0.3) is 65.4 Å². The second-order valence-electron chi connectivity index (χ2n) is 25.3. The van der Waals surface area contributed by atoms with Crippen LogP contribution in [-0.2, 0) is 27.1 Å². The molecular weight excluding hydrogens is 876 g/mol. The van der Waals surface area contributed by atoms with Crippen LogP contribution >= 0.6 is 11.3 Å². The molecule has 4 heteroatoms. The molecule has 0 spiro atoms. The van der Waals surface area contributed by atoms with Crippen LogP contribution in [0, 0.1) is 0 Å². The molecule has 0 N–H and O–H groups in total. The van der Waals surface area contributed by atoms with Crippen molar-refractivity contribution in [2.45, 2.75) is 122 Å². The Bertz CT molecular complexity index is 3860. The molecule has 2 nitrogen and oxygen atoms in total. The van der Waals surface area contributed by atoms with Crippen molar-refractivity contribution in [3.63, 3.8) is 0 Å². The van der Waals surface area contributed by atoms with Gasteiger partial charge >= 0.3 is 6.85 Å². The Kier molecular flexibility index (Phi) is 8.09. The quantitative estimate of drug-likeness (QED) is 0.159. The number of anilines is 5. The zero-order valence-corrected chi connectivity index (χ0v) is 43.8. The van der Waals surface area contributed by atoms with E-state index in [4.69, 9.17) is 0 Å². The lowest BCUT2D eigenvalue weighted by atomic mass is 9.46. The molecule has 348 valence electrons. The molecule has 0 amide bonds. The number of fused-ring (bicyclic) bond motifs is 15. The van der Waals surface area contributed by atoms with Crippen LogP contribution in [0.1, 0.15) is 128 Å². The molecule has 0 radical (unpaired) electrons. The van der Waals surface area contributed by atoms with Gasteiger partial charge in [0.2, 0.25) is 0 Å². The van der Waals surface area contributed by atoms with Crippen LogP contribution in [0.3, 0.4) is 0 Å². The van der Waals surface area contributed by atoms with Crippen LogP contribution in [0.15, 0.2) is 140 Å². The normalized spacial score (nSPS) is 19.1. The van der Waals surface area contributed by atoms with E-state index >= 15 is 0 Å². The first-order chi connectivity index (χ1) is 33.9. The fourth-order valence-corrected chi connectivity index (χ4v) is 16.2. The fourth-order valence-electron chi connectivity index (χ4n) is 14.9. The van der Waals surface area contributed by atoms with Crippen molar-refractivity contribution >= 4 is 77.7 Å². The van der Waals surface area contributed by atoms with Gasteiger partial charge < -0.3 is 9.71 Å². The first-order valence-electron chi connectivity index (χ1n) is 26.4. The predicted molar refractivity (Wildman–Crippen MR) is 306 cm³/mol. The van der Waals surface area contributed by atoms with E-state index in [1.54, 1.807) is 11.1 Å². The molecule has 0 bridgehead atoms. The zero-order chi connectivity index (χ0) is 48.5. The van der Waals surface area contributed by atoms with E-state index in [9.17, 15) is 0 Å². The number of rotatable bonds is 2. The van der Waals surface area contributed by atoms with Crippen molar-refractivity contribution < 1.29 is 0 Å². The van der Waals surface area contributed by atoms with E-state index in [0.717, 1.165) is 0 Å². The number of hydrogen-bond acceptors (Lipinski definition) is 3. The summed E-state index contributed by atoms with van der Waals surface area (Å²) in [5.74, 6) is 0. The average molecular weight is 937 g/mol. The van der Waals surface area contributed by atoms with E-state index in [0.29, 0.717) is 0 Å². The van der Waals surface area contributed by atoms with Gasteiger partial charge in [0, 0.05) is 48.5 Å². The van der Waals surface area contributed by atoms with Crippen LogP contribution in [0.2, 0.25) is 0 Å². The summed E-state index contributed by atoms with van der Waals surface area (Å²) >= 11 is 2.08. The van der Waals surface area contributed by atoms with Crippen LogP contribution < -0.4 is 20.0 Å². The van der Waals surface area contributed by atoms with Crippen LogP contribution in [0.4, 0.5) is 28.4 Å². The van der Waals surface area contributed by atoms with Gasteiger partial charge in [-0.15, -0.1) is 11.3 Å². The van der Waals surface area contributed by atoms with Crippen molar-refractivity contribution in [2.75, 3.05) is 9.71 Å². The molecule has 0 unspecified atom stereocenters. The van der Waals surface area contributed by atoms with Crippen LogP contribution in [-0.4, -0.2) is 6.85 Å². The van der Waals surface area contributed by atoms with Crippen LogP contribution in [0.5, 0.6) is 0 Å². The Labute approximate surface area is 424 Å². The molecule has 4 heterocycles. The molecule has 0 atom stereocenters. The summed E-state index contributed by atoms with van der Waals surface area (Å²) in [6, 6.07) is 54.8. The Morgan fingerprint density at radius 2 is 1.08 bits per heavy atom. The van der Waals surface area contributed by atoms with Gasteiger partial charge in [-0.1, -0.05) is 160 Å². The molecule has 0 fully saturated rings. The molecule has 15 rings (SSSR count). The van der Waals surface area contributed by atoms with Crippen molar-refractivity contribution in [2.24, 2.45) is 0 Å². The molecule has 0 saturated carbocycles. The standard InChI is InChI=1S/C67H61BN2S/c1-63(2)28-29-64(3,4)50-36-52-46(34-49(50)63)57-58-55(37-51-59(57)66(7,8)31-30-65(51,5)6)71-62-61(58)69(52)54-32-40-20-14-15-21-42(40)56-45-33-44-43-22-16-17-23-47(43)67(9,10)48(44)35-53(45)70(68(62)60(54)56)41-26-24-39(25-27-41)38-18-12-11-13-19-38/h11-27,32-37H,28-31H2,1-10H3. The van der Waals surface area contributed by atoms with Gasteiger partial charge in [-0.3, -0.25) is 0 Å². The highest BCUT2D eigenvalue weighted by molar-refractivity contribution is 7.32. The monoisotopic (exact) mass is 936 g/mol. The second kappa shape index (κ2) is 13.6. The Balaban J connectivity index is 1.12. The number of hydrogen-bond donors (Lipinski definition) is 0. The largest absolute Gasteiger partial charge is 0.376 e. The van der Waals surface area contributed by atoms with Crippen molar-refractivity contribution in [3.8, 4) is 44.5 Å². The number of thiophene rings is 1. The summed E-state index contributed by atoms with van der Waals surface area (Å²) in [5, 5.41) is 4.09. The highest BCUT2D eigenvalue weighted by atomic mass is 32.1. The average Bonchev–Trinajstić information content (AvgIpc) is 3.85. The van der Waals surface area contributed by atoms with Gasteiger partial charge in [-0.25, -0.2) is 0 Å². The molecule has 0 saturated heterocycles. The molecular formula is C67H61BN2S. The lowest BCUT2D eigenvalue weighted by molar-refractivity contribution is 0.331. The Morgan fingerprint density at radius 3 is 1.85 bits per heavy atom. The third-order valence-electron chi connectivity index (χ3n) is 19.0. The van der Waals surface area contributed by atoms with Gasteiger partial charge in [-0.05, 0) is 179 Å². The van der Waals surface area contributed by atoms with E-state index in [-0.39, 0.29) is 33.9 Å². The SMILES string of the molecule is CC1(C)CCC(C)(C)c2cc3c(cc21)-c1c2c(cc4sc5c(c14)N3c1cc3ccccc3c3c1B5N(c1ccc(-c4ccccc4)cc1)c1cc4c(cc1-3)-c1ccccc1C4(C)C)C(C)(C)CCC2(C)C. The third-order valence-corrected chi connectivity index (χ3v) is 20.2. The van der Waals surface area contributed by atoms with E-state index in [1.165, 1.54) is 152 Å². The van der Waals surface area contributed by atoms with Crippen molar-refractivity contribution in [1.82, 2.24) is 0 Å². The Morgan fingerprint density at radius 1 is 0.465 bits per heavy atom. The number of benzene rings is 8. The van der Waals surface area contributed by atoms with Gasteiger partial charge in [0.05, 0.1) is 11.4 Å². The number of nitrogens with zero attached hydrogens (tertiary/aromatic N) is 2. The van der Waals surface area contributed by atoms with Crippen molar-refractivity contribution in [1.29, 1.82) is 0 Å². The van der Waals surface area contributed by atoms with E-state index < -0.39 is 0 Å². The summed E-state index contributed by atoms with van der Waals surface area (Å²) in [4.78, 5) is 5.58. The van der Waals surface area contributed by atoms with Gasteiger partial charge in [0.25, 0.3) is 0 Å². The fraction of sp³-hybridized carbons (Fsp3) is 0.284. The molecule has 1 aromatic heterocycles. The first kappa shape index (κ1) is 42.3. The van der Waals surface area contributed by atoms with E-state index in [1.807, 2.05) is 0 Å². The maximum absolute atomic E-state index is 2.80. The Hall–Kier alpha value is -6.36. The highest BCUT2D eigenvalue weighted by Crippen LogP contribution is 2.64. The smallest absolute Gasteiger partial charge is 0.343 e. The molecule has 3 aliphatic heterocycles. The van der Waals surface area contributed by atoms with Gasteiger partial charge in [0.15, 0.2) is 0 Å². The summed E-state index contributed by atoms with van der Waals surface area (Å²) in [6.07, 6.45) is 4.73. The minimum Gasteiger partial charge on any atom is -0.376 e. The minimum absolute atomic E-state index is 0.0182. The minimum atomic E-state index is -0.153. The third kappa shape index (κ3) is 5.40. The van der Waals surface area contributed by atoms with Gasteiger partial charge in [0.1, 0.15) is 0 Å². The summed E-state index contributed by atoms with van der Waals surface area (Å²) < 4.78 is 2.88. The molecule has 6 aliphatic rings. The zero-order valence-electron chi connectivity index (χ0n) is 43.0. The maximum atomic E-state index is 2.80. The molecule has 8 aromatic carbocycles. The summed E-state index contributed by atoms with van der Waals surface area (Å²) in [7, 11) is 0. The summed E-state index contributed by atoms with van der Waals surface area (Å²) in [6.45, 7) is 25.0. The first-order valence-corrected chi connectivity index (χ1v) is 27.2. The van der Waals surface area contributed by atoms with Gasteiger partial charge in [-0.2, -0.15) is 0 Å². The lowest BCUT2D eigenvalue weighted by Crippen LogP contribution is -2.60. The van der Waals surface area contributed by atoms with Crippen molar-refractivity contribution in [3.05, 3.63) is 173 Å². The molecule has 3 aliphatic carbocycles. The molecule has 71 heavy (non-hydrogen) atoms. The topological polar surface area (TPSA) is 6.48 Å².